The van der Waals surface area contributed by atoms with Gasteiger partial charge >= 0.3 is 0 Å². The van der Waals surface area contributed by atoms with Crippen LogP contribution in [0.2, 0.25) is 0 Å². The molecule has 6 nitrogen and oxygen atoms in total. The fourth-order valence-electron chi connectivity index (χ4n) is 4.10. The molecule has 1 aromatic heterocycles. The second-order valence-electron chi connectivity index (χ2n) is 6.49. The van der Waals surface area contributed by atoms with Crippen molar-refractivity contribution < 1.29 is 14.3 Å². The molecule has 2 amide bonds. The molecular formula is C18H15N3O3S. The maximum atomic E-state index is 13.1. The molecule has 0 unspecified atom stereocenters. The SMILES string of the molecule is O=C(Nc1nccs1)[C@H]1[C@@H]2C=C[C@@]3(CN(c4ccccc4)C(=O)[C@@H]13)O2. The Balaban J connectivity index is 1.47. The van der Waals surface area contributed by atoms with Crippen molar-refractivity contribution in [1.82, 2.24) is 4.98 Å². The lowest BCUT2D eigenvalue weighted by Gasteiger charge is -2.22. The molecule has 2 aromatic rings. The molecule has 0 aliphatic carbocycles. The highest BCUT2D eigenvalue weighted by molar-refractivity contribution is 7.13. The first-order chi connectivity index (χ1) is 12.2. The van der Waals surface area contributed by atoms with Crippen molar-refractivity contribution in [2.24, 2.45) is 11.8 Å². The molecule has 4 atom stereocenters. The van der Waals surface area contributed by atoms with Crippen LogP contribution in [0.1, 0.15) is 0 Å². The third-order valence-corrected chi connectivity index (χ3v) is 5.82. The van der Waals surface area contributed by atoms with Crippen LogP contribution < -0.4 is 10.2 Å². The topological polar surface area (TPSA) is 71.5 Å². The minimum Gasteiger partial charge on any atom is -0.360 e. The molecule has 0 saturated carbocycles. The van der Waals surface area contributed by atoms with Crippen molar-refractivity contribution in [3.8, 4) is 0 Å². The number of amides is 2. The molecule has 2 fully saturated rings. The van der Waals surface area contributed by atoms with E-state index >= 15 is 0 Å². The molecule has 5 rings (SSSR count). The molecule has 1 spiro atoms. The van der Waals surface area contributed by atoms with Crippen molar-refractivity contribution in [3.05, 3.63) is 54.1 Å². The number of nitrogens with zero attached hydrogens (tertiary/aromatic N) is 2. The Kier molecular flexibility index (Phi) is 3.10. The fraction of sp³-hybridized carbons (Fsp3) is 0.278. The Morgan fingerprint density at radius 3 is 2.96 bits per heavy atom. The molecule has 1 aromatic carbocycles. The van der Waals surface area contributed by atoms with E-state index in [1.54, 1.807) is 16.5 Å². The van der Waals surface area contributed by atoms with Gasteiger partial charge in [-0.1, -0.05) is 30.4 Å². The molecule has 1 N–H and O–H groups in total. The van der Waals surface area contributed by atoms with Crippen LogP contribution in [0.15, 0.2) is 54.1 Å². The number of thiazole rings is 1. The lowest BCUT2D eigenvalue weighted by molar-refractivity contribution is -0.128. The monoisotopic (exact) mass is 353 g/mol. The molecule has 2 saturated heterocycles. The van der Waals surface area contributed by atoms with Crippen LogP contribution in [-0.4, -0.2) is 35.0 Å². The van der Waals surface area contributed by atoms with Gasteiger partial charge in [-0.2, -0.15) is 0 Å². The molecular weight excluding hydrogens is 338 g/mol. The van der Waals surface area contributed by atoms with Crippen molar-refractivity contribution in [3.63, 3.8) is 0 Å². The summed E-state index contributed by atoms with van der Waals surface area (Å²) >= 11 is 1.35. The number of nitrogens with one attached hydrogen (secondary N) is 1. The first-order valence-electron chi connectivity index (χ1n) is 8.12. The minimum atomic E-state index is -0.706. The lowest BCUT2D eigenvalue weighted by Crippen LogP contribution is -2.41. The van der Waals surface area contributed by atoms with E-state index in [4.69, 9.17) is 4.74 Å². The molecule has 4 heterocycles. The molecule has 3 aliphatic rings. The van der Waals surface area contributed by atoms with E-state index < -0.39 is 17.4 Å². The number of fused-ring (bicyclic) bond motifs is 1. The fourth-order valence-corrected chi connectivity index (χ4v) is 4.63. The van der Waals surface area contributed by atoms with E-state index in [1.807, 2.05) is 42.5 Å². The summed E-state index contributed by atoms with van der Waals surface area (Å²) in [6, 6.07) is 9.51. The number of rotatable bonds is 3. The van der Waals surface area contributed by atoms with E-state index in [1.165, 1.54) is 11.3 Å². The van der Waals surface area contributed by atoms with Gasteiger partial charge in [0.05, 0.1) is 24.5 Å². The van der Waals surface area contributed by atoms with Gasteiger partial charge in [0.1, 0.15) is 5.60 Å². The summed E-state index contributed by atoms with van der Waals surface area (Å²) in [4.78, 5) is 31.7. The number of benzene rings is 1. The summed E-state index contributed by atoms with van der Waals surface area (Å²) in [5.41, 5.74) is 0.124. The lowest BCUT2D eigenvalue weighted by atomic mass is 9.77. The van der Waals surface area contributed by atoms with Gasteiger partial charge in [-0.25, -0.2) is 4.98 Å². The van der Waals surface area contributed by atoms with Gasteiger partial charge in [0, 0.05) is 17.3 Å². The highest BCUT2D eigenvalue weighted by Crippen LogP contribution is 2.52. The third kappa shape index (κ3) is 2.09. The van der Waals surface area contributed by atoms with Gasteiger partial charge < -0.3 is 15.0 Å². The van der Waals surface area contributed by atoms with Gasteiger partial charge in [-0.05, 0) is 12.1 Å². The zero-order valence-corrected chi connectivity index (χ0v) is 14.0. The van der Waals surface area contributed by atoms with Crippen LogP contribution >= 0.6 is 11.3 Å². The summed E-state index contributed by atoms with van der Waals surface area (Å²) in [6.07, 6.45) is 5.14. The highest BCUT2D eigenvalue weighted by atomic mass is 32.1. The van der Waals surface area contributed by atoms with Gasteiger partial charge in [0.25, 0.3) is 0 Å². The first-order valence-corrected chi connectivity index (χ1v) is 9.00. The van der Waals surface area contributed by atoms with Crippen LogP contribution in [0.25, 0.3) is 0 Å². The van der Waals surface area contributed by atoms with E-state index in [-0.39, 0.29) is 17.9 Å². The van der Waals surface area contributed by atoms with Crippen LogP contribution in [0.3, 0.4) is 0 Å². The van der Waals surface area contributed by atoms with E-state index in [0.717, 1.165) is 5.69 Å². The van der Waals surface area contributed by atoms with Crippen molar-refractivity contribution in [1.29, 1.82) is 0 Å². The first kappa shape index (κ1) is 14.8. The molecule has 7 heteroatoms. The van der Waals surface area contributed by atoms with Crippen LogP contribution in [0.5, 0.6) is 0 Å². The molecule has 3 aliphatic heterocycles. The summed E-state index contributed by atoms with van der Waals surface area (Å²) in [5.74, 6) is -1.30. The number of carbonyl (C=O) groups excluding carboxylic acids is 2. The Morgan fingerprint density at radius 1 is 1.36 bits per heavy atom. The Labute approximate surface area is 148 Å². The predicted octanol–water partition coefficient (Wildman–Crippen LogP) is 2.07. The Bertz CT molecular complexity index is 867. The quantitative estimate of drug-likeness (QED) is 0.858. The smallest absolute Gasteiger partial charge is 0.234 e. The number of para-hydroxylation sites is 1. The molecule has 0 radical (unpaired) electrons. The van der Waals surface area contributed by atoms with Crippen molar-refractivity contribution >= 4 is 34.0 Å². The molecule has 2 bridgehead atoms. The van der Waals surface area contributed by atoms with Crippen LogP contribution in [-0.2, 0) is 14.3 Å². The number of hydrogen-bond acceptors (Lipinski definition) is 5. The van der Waals surface area contributed by atoms with Gasteiger partial charge in [-0.15, -0.1) is 11.3 Å². The predicted molar refractivity (Wildman–Crippen MR) is 93.3 cm³/mol. The highest BCUT2D eigenvalue weighted by Gasteiger charge is 2.67. The number of anilines is 2. The number of ether oxygens (including phenoxy) is 1. The average molecular weight is 353 g/mol. The third-order valence-electron chi connectivity index (χ3n) is 5.13. The average Bonchev–Trinajstić information content (AvgIpc) is 3.38. The van der Waals surface area contributed by atoms with Crippen molar-refractivity contribution in [2.75, 3.05) is 16.8 Å². The second kappa shape index (κ2) is 5.24. The van der Waals surface area contributed by atoms with E-state index in [0.29, 0.717) is 11.7 Å². The Hall–Kier alpha value is -2.51. The summed E-state index contributed by atoms with van der Waals surface area (Å²) in [6.45, 7) is 0.439. The van der Waals surface area contributed by atoms with E-state index in [2.05, 4.69) is 10.3 Å². The van der Waals surface area contributed by atoms with Gasteiger partial charge in [0.2, 0.25) is 11.8 Å². The molecule has 25 heavy (non-hydrogen) atoms. The standard InChI is InChI=1S/C18H15N3O3S/c22-15(20-17-19-8-9-25-17)13-12-6-7-18(24-12)10-21(16(23)14(13)18)11-4-2-1-3-5-11/h1-9,12-14H,10H2,(H,19,20,22)/t12-,13-,14+,18-/m0/s1. The summed E-state index contributed by atoms with van der Waals surface area (Å²) in [5, 5.41) is 5.15. The van der Waals surface area contributed by atoms with E-state index in [9.17, 15) is 9.59 Å². The second-order valence-corrected chi connectivity index (χ2v) is 7.38. The summed E-state index contributed by atoms with van der Waals surface area (Å²) in [7, 11) is 0. The summed E-state index contributed by atoms with van der Waals surface area (Å²) < 4.78 is 6.11. The van der Waals surface area contributed by atoms with Crippen LogP contribution in [0.4, 0.5) is 10.8 Å². The Morgan fingerprint density at radius 2 is 2.20 bits per heavy atom. The van der Waals surface area contributed by atoms with Gasteiger partial charge in [0.15, 0.2) is 5.13 Å². The zero-order chi connectivity index (χ0) is 17.0. The number of aromatic nitrogens is 1. The largest absolute Gasteiger partial charge is 0.360 e. The van der Waals surface area contributed by atoms with Crippen LogP contribution in [0, 0.1) is 11.8 Å². The number of carbonyl (C=O) groups is 2. The zero-order valence-electron chi connectivity index (χ0n) is 13.2. The maximum absolute atomic E-state index is 13.1. The number of hydrogen-bond donors (Lipinski definition) is 1. The normalized spacial score (nSPS) is 32.2. The van der Waals surface area contributed by atoms with Gasteiger partial charge in [-0.3, -0.25) is 9.59 Å². The molecule has 126 valence electrons. The maximum Gasteiger partial charge on any atom is 0.234 e. The van der Waals surface area contributed by atoms with Crippen molar-refractivity contribution in [2.45, 2.75) is 11.7 Å². The minimum absolute atomic E-state index is 0.0580.